The van der Waals surface area contributed by atoms with Crippen LogP contribution in [-0.2, 0) is 11.3 Å². The van der Waals surface area contributed by atoms with Gasteiger partial charge in [-0.2, -0.15) is 9.78 Å². The molecule has 1 aliphatic rings. The van der Waals surface area contributed by atoms with Crippen LogP contribution in [0.1, 0.15) is 27.2 Å². The Labute approximate surface area is 197 Å². The van der Waals surface area contributed by atoms with Gasteiger partial charge in [0.25, 0.3) is 11.5 Å². The zero-order chi connectivity index (χ0) is 24.1. The quantitative estimate of drug-likeness (QED) is 0.564. The number of aryl methyl sites for hydroxylation is 2. The molecule has 0 unspecified atom stereocenters. The number of carbonyl (C=O) groups excluding carboxylic acids is 1. The van der Waals surface area contributed by atoms with Crippen LogP contribution >= 0.6 is 0 Å². The summed E-state index contributed by atoms with van der Waals surface area (Å²) in [6, 6.07) is 14.8. The van der Waals surface area contributed by atoms with E-state index in [1.54, 1.807) is 12.1 Å². The van der Waals surface area contributed by atoms with E-state index in [4.69, 9.17) is 4.74 Å². The van der Waals surface area contributed by atoms with Crippen LogP contribution in [0, 0.1) is 13.8 Å². The molecule has 1 fully saturated rings. The summed E-state index contributed by atoms with van der Waals surface area (Å²) in [5.41, 5.74) is 1.56. The molecule has 4 rings (SSSR count). The number of hydrogen-bond donors (Lipinski definition) is 1. The van der Waals surface area contributed by atoms with Gasteiger partial charge >= 0.3 is 5.69 Å². The van der Waals surface area contributed by atoms with Crippen molar-refractivity contribution < 1.29 is 9.53 Å². The van der Waals surface area contributed by atoms with Gasteiger partial charge in [-0.1, -0.05) is 36.4 Å². The summed E-state index contributed by atoms with van der Waals surface area (Å²) >= 11 is 0. The van der Waals surface area contributed by atoms with Gasteiger partial charge in [0.15, 0.2) is 0 Å². The van der Waals surface area contributed by atoms with Crippen LogP contribution < -0.4 is 16.6 Å². The number of ether oxygens (including phenoxy) is 1. The minimum absolute atomic E-state index is 0.0415. The Bertz CT molecular complexity index is 1260. The van der Waals surface area contributed by atoms with Crippen LogP contribution in [0.2, 0.25) is 0 Å². The van der Waals surface area contributed by atoms with Gasteiger partial charge in [0.2, 0.25) is 5.69 Å². The molecule has 3 aromatic rings. The third-order valence-electron chi connectivity index (χ3n) is 5.73. The SMILES string of the molecule is Cc1cc(C)cc(-n2nc(C(=O)NCCN3CCOCC3)c(=O)n(Cc3ccccc3)c2=O)c1. The molecule has 2 heterocycles. The molecular weight excluding hydrogens is 434 g/mol. The molecule has 0 bridgehead atoms. The average Bonchev–Trinajstić information content (AvgIpc) is 2.82. The third kappa shape index (κ3) is 5.49. The first kappa shape index (κ1) is 23.6. The van der Waals surface area contributed by atoms with E-state index < -0.39 is 17.2 Å². The summed E-state index contributed by atoms with van der Waals surface area (Å²) in [4.78, 5) is 41.7. The lowest BCUT2D eigenvalue weighted by Gasteiger charge is -2.26. The van der Waals surface area contributed by atoms with Crippen LogP contribution in [0.4, 0.5) is 0 Å². The molecule has 0 aliphatic carbocycles. The first-order valence-corrected chi connectivity index (χ1v) is 11.4. The second-order valence-corrected chi connectivity index (χ2v) is 8.48. The number of nitrogens with one attached hydrogen (secondary N) is 1. The van der Waals surface area contributed by atoms with E-state index in [-0.39, 0.29) is 12.2 Å². The summed E-state index contributed by atoms with van der Waals surface area (Å²) in [6.07, 6.45) is 0. The average molecular weight is 464 g/mol. The van der Waals surface area contributed by atoms with Crippen molar-refractivity contribution in [2.45, 2.75) is 20.4 Å². The molecular formula is C25H29N5O4. The van der Waals surface area contributed by atoms with Crippen molar-refractivity contribution in [3.05, 3.63) is 91.8 Å². The highest BCUT2D eigenvalue weighted by Crippen LogP contribution is 2.11. The Morgan fingerprint density at radius 3 is 2.38 bits per heavy atom. The van der Waals surface area contributed by atoms with Crippen LogP contribution in [-0.4, -0.2) is 64.5 Å². The van der Waals surface area contributed by atoms with Crippen molar-refractivity contribution in [2.75, 3.05) is 39.4 Å². The van der Waals surface area contributed by atoms with Gasteiger partial charge in [0.05, 0.1) is 25.4 Å². The number of rotatable bonds is 7. The van der Waals surface area contributed by atoms with E-state index in [0.717, 1.165) is 39.0 Å². The molecule has 1 amide bonds. The molecule has 1 aromatic heterocycles. The van der Waals surface area contributed by atoms with E-state index >= 15 is 0 Å². The van der Waals surface area contributed by atoms with E-state index in [9.17, 15) is 14.4 Å². The smallest absolute Gasteiger partial charge is 0.352 e. The fraction of sp³-hybridized carbons (Fsp3) is 0.360. The first-order valence-electron chi connectivity index (χ1n) is 11.4. The van der Waals surface area contributed by atoms with Gasteiger partial charge in [0, 0.05) is 26.2 Å². The maximum atomic E-state index is 13.3. The van der Waals surface area contributed by atoms with Crippen molar-refractivity contribution in [2.24, 2.45) is 0 Å². The standard InChI is InChI=1S/C25H29N5O4/c1-18-14-19(2)16-21(15-18)30-25(33)29(17-20-6-4-3-5-7-20)24(32)22(27-30)23(31)26-8-9-28-10-12-34-13-11-28/h3-7,14-16H,8-13,17H2,1-2H3,(H,26,31). The molecule has 1 N–H and O–H groups in total. The number of nitrogens with zero attached hydrogens (tertiary/aromatic N) is 4. The molecule has 2 aromatic carbocycles. The summed E-state index contributed by atoms with van der Waals surface area (Å²) < 4.78 is 7.55. The summed E-state index contributed by atoms with van der Waals surface area (Å²) in [6.45, 7) is 7.82. The van der Waals surface area contributed by atoms with Crippen LogP contribution in [0.15, 0.2) is 58.1 Å². The minimum atomic E-state index is -0.710. The number of amides is 1. The summed E-state index contributed by atoms with van der Waals surface area (Å²) in [7, 11) is 0. The lowest BCUT2D eigenvalue weighted by Crippen LogP contribution is -2.47. The number of hydrogen-bond acceptors (Lipinski definition) is 6. The fourth-order valence-corrected chi connectivity index (χ4v) is 4.04. The maximum Gasteiger partial charge on any atom is 0.352 e. The van der Waals surface area contributed by atoms with Crippen LogP contribution in [0.5, 0.6) is 0 Å². The third-order valence-corrected chi connectivity index (χ3v) is 5.73. The number of morpholine rings is 1. The number of carbonyl (C=O) groups is 1. The van der Waals surface area contributed by atoms with Gasteiger partial charge in [-0.25, -0.2) is 4.79 Å². The second kappa shape index (κ2) is 10.6. The highest BCUT2D eigenvalue weighted by Gasteiger charge is 2.21. The highest BCUT2D eigenvalue weighted by molar-refractivity contribution is 5.91. The normalized spacial score (nSPS) is 14.2. The highest BCUT2D eigenvalue weighted by atomic mass is 16.5. The summed E-state index contributed by atoms with van der Waals surface area (Å²) in [5, 5.41) is 7.00. The number of benzene rings is 2. The molecule has 1 saturated heterocycles. The predicted molar refractivity (Wildman–Crippen MR) is 129 cm³/mol. The van der Waals surface area contributed by atoms with Gasteiger partial charge in [-0.3, -0.25) is 19.1 Å². The molecule has 0 saturated carbocycles. The molecule has 0 spiro atoms. The van der Waals surface area contributed by atoms with Crippen molar-refractivity contribution in [3.63, 3.8) is 0 Å². The molecule has 9 heteroatoms. The van der Waals surface area contributed by atoms with Crippen LogP contribution in [0.3, 0.4) is 0 Å². The molecule has 178 valence electrons. The van der Waals surface area contributed by atoms with Crippen molar-refractivity contribution in [1.29, 1.82) is 0 Å². The lowest BCUT2D eigenvalue weighted by atomic mass is 10.1. The van der Waals surface area contributed by atoms with Crippen LogP contribution in [0.25, 0.3) is 5.69 Å². The van der Waals surface area contributed by atoms with E-state index in [0.29, 0.717) is 32.0 Å². The molecule has 0 radical (unpaired) electrons. The Kier molecular flexibility index (Phi) is 7.34. The van der Waals surface area contributed by atoms with Crippen molar-refractivity contribution in [1.82, 2.24) is 24.6 Å². The van der Waals surface area contributed by atoms with Crippen molar-refractivity contribution >= 4 is 5.91 Å². The Hall–Kier alpha value is -3.56. The molecule has 9 nitrogen and oxygen atoms in total. The zero-order valence-corrected chi connectivity index (χ0v) is 19.5. The van der Waals surface area contributed by atoms with Gasteiger partial charge in [0.1, 0.15) is 0 Å². The first-order chi connectivity index (χ1) is 16.4. The minimum Gasteiger partial charge on any atom is -0.379 e. The van der Waals surface area contributed by atoms with E-state index in [1.807, 2.05) is 50.2 Å². The van der Waals surface area contributed by atoms with E-state index in [1.165, 1.54) is 0 Å². The van der Waals surface area contributed by atoms with Crippen molar-refractivity contribution in [3.8, 4) is 5.69 Å². The predicted octanol–water partition coefficient (Wildman–Crippen LogP) is 1.12. The van der Waals surface area contributed by atoms with Gasteiger partial charge in [-0.05, 0) is 42.7 Å². The Balaban J connectivity index is 1.69. The molecule has 0 atom stereocenters. The van der Waals surface area contributed by atoms with E-state index in [2.05, 4.69) is 15.3 Å². The Morgan fingerprint density at radius 1 is 1.03 bits per heavy atom. The lowest BCUT2D eigenvalue weighted by molar-refractivity contribution is 0.0383. The summed E-state index contributed by atoms with van der Waals surface area (Å²) in [5.74, 6) is -0.599. The van der Waals surface area contributed by atoms with Gasteiger partial charge < -0.3 is 10.1 Å². The number of aromatic nitrogens is 3. The Morgan fingerprint density at radius 2 is 1.71 bits per heavy atom. The molecule has 1 aliphatic heterocycles. The fourth-order valence-electron chi connectivity index (χ4n) is 4.04. The van der Waals surface area contributed by atoms with Gasteiger partial charge in [-0.15, -0.1) is 0 Å². The monoisotopic (exact) mass is 463 g/mol. The largest absolute Gasteiger partial charge is 0.379 e. The maximum absolute atomic E-state index is 13.3. The second-order valence-electron chi connectivity index (χ2n) is 8.48. The zero-order valence-electron chi connectivity index (χ0n) is 19.5. The topological polar surface area (TPSA) is 98.5 Å². The molecule has 34 heavy (non-hydrogen) atoms.